The van der Waals surface area contributed by atoms with Crippen LogP contribution in [0.3, 0.4) is 0 Å². The van der Waals surface area contributed by atoms with Gasteiger partial charge in [-0.3, -0.25) is 10.1 Å². The van der Waals surface area contributed by atoms with Crippen molar-refractivity contribution in [3.8, 4) is 11.1 Å². The molecule has 0 aliphatic heterocycles. The highest BCUT2D eigenvalue weighted by Gasteiger charge is 2.30. The van der Waals surface area contributed by atoms with E-state index in [-0.39, 0.29) is 18.9 Å². The number of carbonyl (C=O) groups excluding carboxylic acids is 3. The van der Waals surface area contributed by atoms with Crippen molar-refractivity contribution in [2.75, 3.05) is 17.2 Å². The van der Waals surface area contributed by atoms with Crippen LogP contribution in [0, 0.1) is 0 Å². The van der Waals surface area contributed by atoms with Gasteiger partial charge in [-0.1, -0.05) is 78.9 Å². The van der Waals surface area contributed by atoms with Crippen LogP contribution in [0.5, 0.6) is 0 Å². The smallest absolute Gasteiger partial charge is 0.412 e. The molecule has 5 rings (SSSR count). The lowest BCUT2D eigenvalue weighted by atomic mass is 9.98. The summed E-state index contributed by atoms with van der Waals surface area (Å²) in [5.41, 5.74) is 5.79. The zero-order valence-electron chi connectivity index (χ0n) is 24.4. The van der Waals surface area contributed by atoms with Crippen LogP contribution in [0.1, 0.15) is 43.4 Å². The number of nitrogens with one attached hydrogen (secondary N) is 3. The molecule has 0 heterocycles. The Morgan fingerprint density at radius 3 is 1.81 bits per heavy atom. The first-order chi connectivity index (χ1) is 20.7. The molecular weight excluding hydrogens is 542 g/mol. The van der Waals surface area contributed by atoms with E-state index in [9.17, 15) is 14.4 Å². The van der Waals surface area contributed by atoms with Crippen LogP contribution in [0.25, 0.3) is 11.1 Å². The molecule has 0 saturated heterocycles. The predicted octanol–water partition coefficient (Wildman–Crippen LogP) is 7.12. The summed E-state index contributed by atoms with van der Waals surface area (Å²) >= 11 is 0. The molecule has 0 bridgehead atoms. The zero-order chi connectivity index (χ0) is 30.4. The molecule has 4 aromatic rings. The molecule has 43 heavy (non-hydrogen) atoms. The Kier molecular flexibility index (Phi) is 8.76. The van der Waals surface area contributed by atoms with E-state index in [1.54, 1.807) is 45.0 Å². The molecular formula is C35H35N3O5. The number of alkyl carbamates (subject to hydrolysis) is 1. The van der Waals surface area contributed by atoms with Gasteiger partial charge in [0.25, 0.3) is 0 Å². The van der Waals surface area contributed by atoms with E-state index in [2.05, 4.69) is 40.2 Å². The largest absolute Gasteiger partial charge is 0.449 e. The minimum atomic E-state index is -0.891. The third kappa shape index (κ3) is 7.60. The number of rotatable bonds is 8. The summed E-state index contributed by atoms with van der Waals surface area (Å²) in [5, 5.41) is 8.29. The molecule has 0 unspecified atom stereocenters. The summed E-state index contributed by atoms with van der Waals surface area (Å²) in [4.78, 5) is 38.5. The van der Waals surface area contributed by atoms with Crippen LogP contribution in [0.4, 0.5) is 21.0 Å². The molecule has 8 heteroatoms. The van der Waals surface area contributed by atoms with Crippen LogP contribution in [-0.4, -0.2) is 36.3 Å². The van der Waals surface area contributed by atoms with Crippen LogP contribution in [0.2, 0.25) is 0 Å². The van der Waals surface area contributed by atoms with Crippen molar-refractivity contribution in [2.24, 2.45) is 0 Å². The second-order valence-corrected chi connectivity index (χ2v) is 11.4. The van der Waals surface area contributed by atoms with Crippen molar-refractivity contribution in [2.45, 2.75) is 44.8 Å². The van der Waals surface area contributed by atoms with E-state index in [0.29, 0.717) is 11.4 Å². The average molecular weight is 578 g/mol. The molecule has 220 valence electrons. The Hall–Kier alpha value is -5.11. The second kappa shape index (κ2) is 12.8. The van der Waals surface area contributed by atoms with E-state index in [4.69, 9.17) is 9.47 Å². The Morgan fingerprint density at radius 2 is 1.23 bits per heavy atom. The number of benzene rings is 4. The third-order valence-electron chi connectivity index (χ3n) is 7.03. The molecule has 0 saturated carbocycles. The van der Waals surface area contributed by atoms with Crippen LogP contribution in [0.15, 0.2) is 103 Å². The standard InChI is InChI=1S/C35H35N3O5/c1-35(2,3)43-34(41)37-25-19-17-24(18-20-25)36-32(39)31(21-23-11-5-4-6-12-23)38-33(40)42-22-30-28-15-9-7-13-26(28)27-14-8-10-16-29(27)30/h4-20,30-31H,21-22H2,1-3H3,(H,36,39)(H,37,41)(H,38,40)/t31-/m1/s1. The molecule has 8 nitrogen and oxygen atoms in total. The first kappa shape index (κ1) is 29.4. The van der Waals surface area contributed by atoms with Gasteiger partial charge < -0.3 is 20.1 Å². The Labute approximate surface area is 251 Å². The molecule has 0 spiro atoms. The third-order valence-corrected chi connectivity index (χ3v) is 7.03. The van der Waals surface area contributed by atoms with E-state index in [1.807, 2.05) is 54.6 Å². The fourth-order valence-electron chi connectivity index (χ4n) is 5.13. The lowest BCUT2D eigenvalue weighted by molar-refractivity contribution is -0.118. The van der Waals surface area contributed by atoms with E-state index in [0.717, 1.165) is 27.8 Å². The molecule has 3 N–H and O–H groups in total. The zero-order valence-corrected chi connectivity index (χ0v) is 24.4. The fraction of sp³-hybridized carbons (Fsp3) is 0.229. The SMILES string of the molecule is CC(C)(C)OC(=O)Nc1ccc(NC(=O)[C@@H](Cc2ccccc2)NC(=O)OCC2c3ccccc3-c3ccccc32)cc1. The van der Waals surface area contributed by atoms with Gasteiger partial charge in [-0.15, -0.1) is 0 Å². The number of carbonyl (C=O) groups is 3. The molecule has 1 aliphatic rings. The van der Waals surface area contributed by atoms with Gasteiger partial charge in [-0.05, 0) is 72.9 Å². The van der Waals surface area contributed by atoms with Gasteiger partial charge in [0.15, 0.2) is 0 Å². The van der Waals surface area contributed by atoms with Crippen molar-refractivity contribution < 1.29 is 23.9 Å². The lowest BCUT2D eigenvalue weighted by Gasteiger charge is -2.20. The van der Waals surface area contributed by atoms with Crippen LogP contribution >= 0.6 is 0 Å². The van der Waals surface area contributed by atoms with Crippen molar-refractivity contribution >= 4 is 29.5 Å². The summed E-state index contributed by atoms with van der Waals surface area (Å²) in [6, 6.07) is 31.5. The van der Waals surface area contributed by atoms with Crippen LogP contribution < -0.4 is 16.0 Å². The molecule has 0 fully saturated rings. The lowest BCUT2D eigenvalue weighted by Crippen LogP contribution is -2.45. The highest BCUT2D eigenvalue weighted by Crippen LogP contribution is 2.44. The first-order valence-corrected chi connectivity index (χ1v) is 14.2. The Morgan fingerprint density at radius 1 is 0.698 bits per heavy atom. The highest BCUT2D eigenvalue weighted by atomic mass is 16.6. The molecule has 0 aromatic heterocycles. The summed E-state index contributed by atoms with van der Waals surface area (Å²) in [6.07, 6.45) is -0.968. The fourth-order valence-corrected chi connectivity index (χ4v) is 5.13. The summed E-state index contributed by atoms with van der Waals surface area (Å²) in [5.74, 6) is -0.488. The summed E-state index contributed by atoms with van der Waals surface area (Å²) < 4.78 is 11.0. The highest BCUT2D eigenvalue weighted by molar-refractivity contribution is 5.97. The van der Waals surface area contributed by atoms with Crippen molar-refractivity contribution in [1.82, 2.24) is 5.32 Å². The maximum atomic E-state index is 13.4. The van der Waals surface area contributed by atoms with Gasteiger partial charge in [0.05, 0.1) is 0 Å². The predicted molar refractivity (Wildman–Crippen MR) is 167 cm³/mol. The van der Waals surface area contributed by atoms with Gasteiger partial charge in [0, 0.05) is 23.7 Å². The molecule has 0 radical (unpaired) electrons. The number of hydrogen-bond donors (Lipinski definition) is 3. The Balaban J connectivity index is 1.24. The van der Waals surface area contributed by atoms with Gasteiger partial charge >= 0.3 is 12.2 Å². The van der Waals surface area contributed by atoms with Crippen LogP contribution in [-0.2, 0) is 20.7 Å². The minimum Gasteiger partial charge on any atom is -0.449 e. The average Bonchev–Trinajstić information content (AvgIpc) is 3.30. The van der Waals surface area contributed by atoms with Crippen molar-refractivity contribution in [3.63, 3.8) is 0 Å². The summed E-state index contributed by atoms with van der Waals surface area (Å²) in [7, 11) is 0. The first-order valence-electron chi connectivity index (χ1n) is 14.2. The Bertz CT molecular complexity index is 1550. The number of anilines is 2. The van der Waals surface area contributed by atoms with E-state index < -0.39 is 29.7 Å². The van der Waals surface area contributed by atoms with Gasteiger partial charge in [0.2, 0.25) is 5.91 Å². The molecule has 1 aliphatic carbocycles. The number of fused-ring (bicyclic) bond motifs is 3. The second-order valence-electron chi connectivity index (χ2n) is 11.4. The van der Waals surface area contributed by atoms with E-state index in [1.165, 1.54) is 0 Å². The molecule has 4 aromatic carbocycles. The monoisotopic (exact) mass is 577 g/mol. The van der Waals surface area contributed by atoms with Gasteiger partial charge in [-0.2, -0.15) is 0 Å². The van der Waals surface area contributed by atoms with Gasteiger partial charge in [0.1, 0.15) is 18.2 Å². The van der Waals surface area contributed by atoms with Gasteiger partial charge in [-0.25, -0.2) is 9.59 Å². The van der Waals surface area contributed by atoms with Crippen molar-refractivity contribution in [1.29, 1.82) is 0 Å². The minimum absolute atomic E-state index is 0.0904. The number of ether oxygens (including phenoxy) is 2. The maximum absolute atomic E-state index is 13.4. The quantitative estimate of drug-likeness (QED) is 0.207. The molecule has 3 amide bonds. The van der Waals surface area contributed by atoms with E-state index >= 15 is 0 Å². The normalized spacial score (nSPS) is 12.8. The molecule has 1 atom stereocenters. The topological polar surface area (TPSA) is 106 Å². The number of amides is 3. The summed E-state index contributed by atoms with van der Waals surface area (Å²) in [6.45, 7) is 5.50. The number of hydrogen-bond acceptors (Lipinski definition) is 5. The van der Waals surface area contributed by atoms with Crippen molar-refractivity contribution in [3.05, 3.63) is 120 Å². The maximum Gasteiger partial charge on any atom is 0.412 e.